The minimum absolute atomic E-state index is 0.263. The largest absolute Gasteiger partial charge is 0.368 e. The number of rotatable bonds is 7. The monoisotopic (exact) mass is 282 g/mol. The maximum Gasteiger partial charge on any atom is 0.237 e. The van der Waals surface area contributed by atoms with Crippen LogP contribution in [0.3, 0.4) is 0 Å². The van der Waals surface area contributed by atoms with Crippen LogP contribution in [0.4, 0.5) is 0 Å². The summed E-state index contributed by atoms with van der Waals surface area (Å²) in [5.41, 5.74) is 5.95. The number of nitrogens with zero attached hydrogens (tertiary/aromatic N) is 2. The minimum Gasteiger partial charge on any atom is -0.368 e. The summed E-state index contributed by atoms with van der Waals surface area (Å²) in [5.74, 6) is 0.583. The molecule has 0 spiro atoms. The predicted molar refractivity (Wildman–Crippen MR) is 77.0 cm³/mol. The number of nitrogens with two attached hydrogens (primary N) is 1. The van der Waals surface area contributed by atoms with Gasteiger partial charge in [-0.15, -0.1) is 11.8 Å². The molecule has 0 bridgehead atoms. The van der Waals surface area contributed by atoms with Gasteiger partial charge in [-0.05, 0) is 39.2 Å². The van der Waals surface area contributed by atoms with Crippen LogP contribution >= 0.6 is 11.8 Å². The minimum atomic E-state index is -0.595. The van der Waals surface area contributed by atoms with Crippen molar-refractivity contribution in [3.8, 4) is 0 Å². The smallest absolute Gasteiger partial charge is 0.237 e. The lowest BCUT2D eigenvalue weighted by molar-refractivity contribution is -0.124. The summed E-state index contributed by atoms with van der Waals surface area (Å²) in [6.45, 7) is 3.88. The van der Waals surface area contributed by atoms with Crippen molar-refractivity contribution in [1.82, 2.24) is 15.1 Å². The Morgan fingerprint density at radius 3 is 2.84 bits per heavy atom. The van der Waals surface area contributed by atoms with Crippen LogP contribution in [0.25, 0.3) is 0 Å². The van der Waals surface area contributed by atoms with Crippen LogP contribution in [0.5, 0.6) is 0 Å². The Morgan fingerprint density at radius 1 is 1.68 bits per heavy atom. The van der Waals surface area contributed by atoms with E-state index in [0.717, 1.165) is 35.7 Å². The van der Waals surface area contributed by atoms with Crippen LogP contribution in [0, 0.1) is 6.92 Å². The Kier molecular flexibility index (Phi) is 4.20. The topological polar surface area (TPSA) is 72.9 Å². The molecule has 2 rings (SSSR count). The molecule has 0 aliphatic heterocycles. The Morgan fingerprint density at radius 2 is 2.37 bits per heavy atom. The molecule has 1 amide bonds. The number of hydrogen-bond acceptors (Lipinski definition) is 4. The van der Waals surface area contributed by atoms with Crippen molar-refractivity contribution in [2.75, 3.05) is 5.75 Å². The van der Waals surface area contributed by atoms with Crippen molar-refractivity contribution in [3.63, 3.8) is 0 Å². The van der Waals surface area contributed by atoms with Crippen LogP contribution in [0.15, 0.2) is 11.1 Å². The van der Waals surface area contributed by atoms with Gasteiger partial charge in [0.2, 0.25) is 5.91 Å². The molecular formula is C13H22N4OS. The Balaban J connectivity index is 1.88. The predicted octanol–water partition coefficient (Wildman–Crippen LogP) is 1.21. The van der Waals surface area contributed by atoms with E-state index >= 15 is 0 Å². The molecule has 19 heavy (non-hydrogen) atoms. The third kappa shape index (κ3) is 3.73. The van der Waals surface area contributed by atoms with Gasteiger partial charge in [0.25, 0.3) is 0 Å². The lowest BCUT2D eigenvalue weighted by atomic mass is 9.98. The van der Waals surface area contributed by atoms with E-state index in [1.54, 1.807) is 11.8 Å². The molecule has 0 radical (unpaired) electrons. The Hall–Kier alpha value is -1.01. The van der Waals surface area contributed by atoms with E-state index in [-0.39, 0.29) is 5.91 Å². The van der Waals surface area contributed by atoms with Gasteiger partial charge in [0, 0.05) is 18.8 Å². The molecule has 6 heteroatoms. The first-order chi connectivity index (χ1) is 8.90. The number of nitrogens with one attached hydrogen (secondary N) is 1. The number of thioether (sulfide) groups is 1. The molecule has 0 aromatic carbocycles. The van der Waals surface area contributed by atoms with Gasteiger partial charge in [0.05, 0.1) is 16.3 Å². The molecule has 5 nitrogen and oxygen atoms in total. The van der Waals surface area contributed by atoms with Crippen molar-refractivity contribution < 1.29 is 4.79 Å². The number of carbonyl (C=O) groups is 1. The average Bonchev–Trinajstić information content (AvgIpc) is 3.05. The first kappa shape index (κ1) is 14.4. The van der Waals surface area contributed by atoms with E-state index in [1.807, 2.05) is 25.6 Å². The summed E-state index contributed by atoms with van der Waals surface area (Å²) < 4.78 is 1.87. The third-order valence-electron chi connectivity index (χ3n) is 3.45. The molecule has 3 N–H and O–H groups in total. The molecule has 1 atom stereocenters. The lowest BCUT2D eigenvalue weighted by Gasteiger charge is -2.27. The highest BCUT2D eigenvalue weighted by atomic mass is 32.2. The maximum atomic E-state index is 11.6. The zero-order valence-corrected chi connectivity index (χ0v) is 12.6. The summed E-state index contributed by atoms with van der Waals surface area (Å²) in [6.07, 6.45) is 3.03. The fraction of sp³-hybridized carbons (Fsp3) is 0.692. The molecule has 1 saturated carbocycles. The number of hydrogen-bond donors (Lipinski definition) is 2. The van der Waals surface area contributed by atoms with Crippen molar-refractivity contribution in [3.05, 3.63) is 11.8 Å². The normalized spacial score (nSPS) is 18.3. The first-order valence-electron chi connectivity index (χ1n) is 6.62. The van der Waals surface area contributed by atoms with E-state index < -0.39 is 5.54 Å². The van der Waals surface area contributed by atoms with Gasteiger partial charge < -0.3 is 11.1 Å². The standard InChI is InChI=1S/C13H22N4OS/c1-9-8-11(17(3)16-9)19-7-6-13(2,12(14)18)15-10-4-5-10/h8,10,15H,4-7H2,1-3H3,(H2,14,18). The van der Waals surface area contributed by atoms with Crippen LogP contribution in [0.2, 0.25) is 0 Å². The number of amides is 1. The summed E-state index contributed by atoms with van der Waals surface area (Å²) in [5, 5.41) is 8.79. The number of aryl methyl sites for hydroxylation is 2. The molecule has 1 unspecified atom stereocenters. The van der Waals surface area contributed by atoms with Gasteiger partial charge in [-0.25, -0.2) is 0 Å². The fourth-order valence-electron chi connectivity index (χ4n) is 2.03. The number of primary amides is 1. The maximum absolute atomic E-state index is 11.6. The van der Waals surface area contributed by atoms with Gasteiger partial charge in [-0.2, -0.15) is 5.10 Å². The fourth-order valence-corrected chi connectivity index (χ4v) is 3.23. The second kappa shape index (κ2) is 5.54. The van der Waals surface area contributed by atoms with E-state index in [9.17, 15) is 4.79 Å². The zero-order valence-electron chi connectivity index (χ0n) is 11.8. The highest BCUT2D eigenvalue weighted by Gasteiger charge is 2.36. The Labute approximate surface area is 118 Å². The highest BCUT2D eigenvalue weighted by Crippen LogP contribution is 2.26. The van der Waals surface area contributed by atoms with E-state index in [1.165, 1.54) is 0 Å². The summed E-state index contributed by atoms with van der Waals surface area (Å²) in [4.78, 5) is 11.6. The van der Waals surface area contributed by atoms with Crippen molar-refractivity contribution in [2.24, 2.45) is 12.8 Å². The molecular weight excluding hydrogens is 260 g/mol. The average molecular weight is 282 g/mol. The number of carbonyl (C=O) groups excluding carboxylic acids is 1. The lowest BCUT2D eigenvalue weighted by Crippen LogP contribution is -2.54. The van der Waals surface area contributed by atoms with E-state index in [0.29, 0.717) is 6.04 Å². The van der Waals surface area contributed by atoms with E-state index in [4.69, 9.17) is 5.73 Å². The third-order valence-corrected chi connectivity index (χ3v) is 4.54. The van der Waals surface area contributed by atoms with Crippen molar-refractivity contribution in [2.45, 2.75) is 49.7 Å². The van der Waals surface area contributed by atoms with Crippen LogP contribution in [-0.2, 0) is 11.8 Å². The number of aromatic nitrogens is 2. The summed E-state index contributed by atoms with van der Waals surface area (Å²) in [7, 11) is 1.94. The van der Waals surface area contributed by atoms with Gasteiger partial charge in [0.15, 0.2) is 0 Å². The van der Waals surface area contributed by atoms with Crippen molar-refractivity contribution >= 4 is 17.7 Å². The molecule has 106 valence electrons. The van der Waals surface area contributed by atoms with Crippen molar-refractivity contribution in [1.29, 1.82) is 0 Å². The summed E-state index contributed by atoms with van der Waals surface area (Å²) in [6, 6.07) is 2.53. The van der Waals surface area contributed by atoms with Crippen LogP contribution < -0.4 is 11.1 Å². The SMILES string of the molecule is Cc1cc(SCCC(C)(NC2CC2)C(N)=O)n(C)n1. The second-order valence-corrected chi connectivity index (χ2v) is 6.58. The molecule has 1 aromatic heterocycles. The zero-order chi connectivity index (χ0) is 14.0. The Bertz CT molecular complexity index is 469. The molecule has 1 aliphatic carbocycles. The molecule has 1 fully saturated rings. The molecule has 1 aliphatic rings. The first-order valence-corrected chi connectivity index (χ1v) is 7.60. The summed E-state index contributed by atoms with van der Waals surface area (Å²) >= 11 is 1.71. The van der Waals surface area contributed by atoms with Crippen LogP contribution in [0.1, 0.15) is 31.9 Å². The van der Waals surface area contributed by atoms with Gasteiger partial charge in [0.1, 0.15) is 0 Å². The molecule has 1 heterocycles. The van der Waals surface area contributed by atoms with Crippen LogP contribution in [-0.4, -0.2) is 33.0 Å². The van der Waals surface area contributed by atoms with Gasteiger partial charge in [-0.1, -0.05) is 0 Å². The van der Waals surface area contributed by atoms with Gasteiger partial charge >= 0.3 is 0 Å². The molecule has 0 saturated heterocycles. The quantitative estimate of drug-likeness (QED) is 0.737. The molecule has 1 aromatic rings. The second-order valence-electron chi connectivity index (χ2n) is 5.46. The highest BCUT2D eigenvalue weighted by molar-refractivity contribution is 7.99. The van der Waals surface area contributed by atoms with E-state index in [2.05, 4.69) is 16.5 Å². The van der Waals surface area contributed by atoms with Gasteiger partial charge in [-0.3, -0.25) is 9.48 Å².